The summed E-state index contributed by atoms with van der Waals surface area (Å²) in [7, 11) is 0. The van der Waals surface area contributed by atoms with Crippen LogP contribution in [0.3, 0.4) is 0 Å². The summed E-state index contributed by atoms with van der Waals surface area (Å²) in [6.45, 7) is 4.69. The second-order valence-electron chi connectivity index (χ2n) is 11.2. The number of aryl methyl sites for hydroxylation is 1. The van der Waals surface area contributed by atoms with E-state index in [4.69, 9.17) is 0 Å². The fraction of sp³-hybridized carbons (Fsp3) is 0.211. The highest BCUT2D eigenvalue weighted by atomic mass is 16.2. The third-order valence-corrected chi connectivity index (χ3v) is 8.28. The lowest BCUT2D eigenvalue weighted by Gasteiger charge is -2.40. The van der Waals surface area contributed by atoms with Gasteiger partial charge in [-0.3, -0.25) is 14.5 Å². The van der Waals surface area contributed by atoms with E-state index in [1.807, 2.05) is 102 Å². The zero-order valence-electron chi connectivity index (χ0n) is 24.8. The maximum absolute atomic E-state index is 14.7. The number of rotatable bonds is 9. The van der Waals surface area contributed by atoms with Crippen LogP contribution in [0, 0.1) is 6.92 Å². The van der Waals surface area contributed by atoms with Crippen LogP contribution in [-0.4, -0.2) is 34.4 Å². The smallest absolute Gasteiger partial charge is 0.247 e. The average molecular weight is 568 g/mol. The van der Waals surface area contributed by atoms with Crippen LogP contribution >= 0.6 is 0 Å². The average Bonchev–Trinajstić information content (AvgIpc) is 3.53. The molecule has 0 radical (unpaired) electrons. The van der Waals surface area contributed by atoms with Gasteiger partial charge in [-0.05, 0) is 54.3 Å². The molecule has 0 N–H and O–H groups in total. The quantitative estimate of drug-likeness (QED) is 0.183. The number of hydrogen-bond donors (Lipinski definition) is 0. The van der Waals surface area contributed by atoms with Crippen LogP contribution in [0.15, 0.2) is 128 Å². The number of unbranched alkanes of at least 4 members (excludes halogenated alkanes) is 1. The predicted octanol–water partition coefficient (Wildman–Crippen LogP) is 7.68. The SMILES string of the molecule is CCCCN(CC(=O)N1c2ccccc2-n2cccc2C1c1cccc(C)c1)C(=O)C(c1ccccc1)c1ccccc1. The van der Waals surface area contributed by atoms with E-state index in [-0.39, 0.29) is 24.4 Å². The molecule has 1 aliphatic heterocycles. The Morgan fingerprint density at radius 1 is 0.767 bits per heavy atom. The lowest BCUT2D eigenvalue weighted by atomic mass is 9.90. The molecule has 216 valence electrons. The molecule has 6 rings (SSSR count). The number of benzene rings is 4. The van der Waals surface area contributed by atoms with Crippen LogP contribution in [0.25, 0.3) is 5.69 Å². The third kappa shape index (κ3) is 5.63. The Balaban J connectivity index is 1.41. The van der Waals surface area contributed by atoms with E-state index in [1.165, 1.54) is 0 Å². The maximum atomic E-state index is 14.7. The van der Waals surface area contributed by atoms with Crippen molar-refractivity contribution in [1.29, 1.82) is 0 Å². The molecule has 0 fully saturated rings. The van der Waals surface area contributed by atoms with Crippen molar-refractivity contribution in [2.24, 2.45) is 0 Å². The summed E-state index contributed by atoms with van der Waals surface area (Å²) in [6, 6.07) is 40.0. The van der Waals surface area contributed by atoms with Crippen LogP contribution in [0.5, 0.6) is 0 Å². The molecule has 2 heterocycles. The van der Waals surface area contributed by atoms with Gasteiger partial charge in [0.15, 0.2) is 0 Å². The first-order valence-electron chi connectivity index (χ1n) is 15.1. The van der Waals surface area contributed by atoms with Gasteiger partial charge in [-0.2, -0.15) is 0 Å². The minimum Gasteiger partial charge on any atom is -0.333 e. The summed E-state index contributed by atoms with van der Waals surface area (Å²) in [6.07, 6.45) is 3.79. The largest absolute Gasteiger partial charge is 0.333 e. The van der Waals surface area contributed by atoms with E-state index in [0.717, 1.165) is 52.2 Å². The highest BCUT2D eigenvalue weighted by Crippen LogP contribution is 2.42. The summed E-state index contributed by atoms with van der Waals surface area (Å²) in [5.74, 6) is -0.652. The fourth-order valence-corrected chi connectivity index (χ4v) is 6.22. The standard InChI is InChI=1S/C38H37N3O2/c1-3-4-24-39(38(43)36(29-16-7-5-8-17-29)30-18-9-6-10-19-30)27-35(42)41-33-22-12-11-21-32(33)40-25-14-23-34(40)37(41)31-20-13-15-28(2)26-31/h5-23,25-26,36-37H,3-4,24,27H2,1-2H3. The Bertz CT molecular complexity index is 1670. The molecule has 0 bridgehead atoms. The van der Waals surface area contributed by atoms with E-state index in [1.54, 1.807) is 4.90 Å². The number of para-hydroxylation sites is 2. The molecule has 1 aromatic heterocycles. The first kappa shape index (κ1) is 28.2. The fourth-order valence-electron chi connectivity index (χ4n) is 6.22. The van der Waals surface area contributed by atoms with Gasteiger partial charge in [-0.25, -0.2) is 0 Å². The van der Waals surface area contributed by atoms with Crippen LogP contribution in [0.2, 0.25) is 0 Å². The molecule has 0 saturated heterocycles. The molecular weight excluding hydrogens is 530 g/mol. The third-order valence-electron chi connectivity index (χ3n) is 8.28. The number of nitrogens with zero attached hydrogens (tertiary/aromatic N) is 3. The molecule has 2 amide bonds. The lowest BCUT2D eigenvalue weighted by Crippen LogP contribution is -2.48. The Morgan fingerprint density at radius 3 is 2.07 bits per heavy atom. The molecule has 5 nitrogen and oxygen atoms in total. The van der Waals surface area contributed by atoms with Gasteiger partial charge in [0.25, 0.3) is 0 Å². The first-order chi connectivity index (χ1) is 21.1. The number of fused-ring (bicyclic) bond motifs is 3. The van der Waals surface area contributed by atoms with E-state index in [0.29, 0.717) is 6.54 Å². The van der Waals surface area contributed by atoms with Crippen molar-refractivity contribution in [2.75, 3.05) is 18.0 Å². The zero-order valence-corrected chi connectivity index (χ0v) is 24.8. The molecule has 1 unspecified atom stereocenters. The van der Waals surface area contributed by atoms with Crippen LogP contribution in [-0.2, 0) is 9.59 Å². The molecule has 0 spiro atoms. The molecule has 4 aromatic carbocycles. The van der Waals surface area contributed by atoms with Crippen LogP contribution < -0.4 is 4.90 Å². The summed E-state index contributed by atoms with van der Waals surface area (Å²) in [5, 5.41) is 0. The Kier molecular flexibility index (Phi) is 8.23. The molecule has 5 aromatic rings. The van der Waals surface area contributed by atoms with Crippen molar-refractivity contribution in [3.63, 3.8) is 0 Å². The van der Waals surface area contributed by atoms with Crippen molar-refractivity contribution < 1.29 is 9.59 Å². The topological polar surface area (TPSA) is 45.6 Å². The van der Waals surface area contributed by atoms with E-state index < -0.39 is 5.92 Å². The Hall–Kier alpha value is -4.90. The predicted molar refractivity (Wildman–Crippen MR) is 172 cm³/mol. The normalized spacial score (nSPS) is 13.8. The Labute approximate surface area is 254 Å². The lowest BCUT2D eigenvalue weighted by molar-refractivity contribution is -0.136. The minimum atomic E-state index is -0.495. The highest BCUT2D eigenvalue weighted by Gasteiger charge is 2.38. The van der Waals surface area contributed by atoms with E-state index in [2.05, 4.69) is 48.9 Å². The van der Waals surface area contributed by atoms with Crippen molar-refractivity contribution in [2.45, 2.75) is 38.6 Å². The zero-order chi connectivity index (χ0) is 29.8. The van der Waals surface area contributed by atoms with Gasteiger partial charge >= 0.3 is 0 Å². The van der Waals surface area contributed by atoms with Gasteiger partial charge in [-0.15, -0.1) is 0 Å². The van der Waals surface area contributed by atoms with Gasteiger partial charge in [0.1, 0.15) is 12.6 Å². The second kappa shape index (κ2) is 12.5. The number of aromatic nitrogens is 1. The van der Waals surface area contributed by atoms with Gasteiger partial charge < -0.3 is 9.47 Å². The van der Waals surface area contributed by atoms with Gasteiger partial charge in [0, 0.05) is 12.7 Å². The van der Waals surface area contributed by atoms with Crippen molar-refractivity contribution in [3.05, 3.63) is 155 Å². The number of amides is 2. The van der Waals surface area contributed by atoms with Crippen molar-refractivity contribution in [1.82, 2.24) is 9.47 Å². The summed E-state index contributed by atoms with van der Waals surface area (Å²) >= 11 is 0. The molecule has 1 aliphatic rings. The molecule has 0 saturated carbocycles. The minimum absolute atomic E-state index is 0.00758. The summed E-state index contributed by atoms with van der Waals surface area (Å²) in [5.41, 5.74) is 6.84. The molecule has 0 aliphatic carbocycles. The van der Waals surface area contributed by atoms with Gasteiger partial charge in [-0.1, -0.05) is 116 Å². The van der Waals surface area contributed by atoms with Crippen LogP contribution in [0.1, 0.15) is 59.7 Å². The highest BCUT2D eigenvalue weighted by molar-refractivity contribution is 6.01. The molecule has 5 heteroatoms. The summed E-state index contributed by atoms with van der Waals surface area (Å²) < 4.78 is 2.17. The van der Waals surface area contributed by atoms with E-state index in [9.17, 15) is 9.59 Å². The number of carbonyl (C=O) groups is 2. The van der Waals surface area contributed by atoms with Gasteiger partial charge in [0.05, 0.1) is 23.0 Å². The summed E-state index contributed by atoms with van der Waals surface area (Å²) in [4.78, 5) is 32.9. The van der Waals surface area contributed by atoms with Crippen LogP contribution in [0.4, 0.5) is 5.69 Å². The number of anilines is 1. The number of hydrogen-bond acceptors (Lipinski definition) is 2. The number of carbonyl (C=O) groups excluding carboxylic acids is 2. The molecule has 1 atom stereocenters. The Morgan fingerprint density at radius 2 is 1.42 bits per heavy atom. The monoisotopic (exact) mass is 567 g/mol. The van der Waals surface area contributed by atoms with Gasteiger partial charge in [0.2, 0.25) is 11.8 Å². The van der Waals surface area contributed by atoms with Crippen molar-refractivity contribution >= 4 is 17.5 Å². The second-order valence-corrected chi connectivity index (χ2v) is 11.2. The van der Waals surface area contributed by atoms with E-state index >= 15 is 0 Å². The van der Waals surface area contributed by atoms with Crippen molar-refractivity contribution in [3.8, 4) is 5.69 Å². The molecule has 43 heavy (non-hydrogen) atoms. The first-order valence-corrected chi connectivity index (χ1v) is 15.1. The molecular formula is C38H37N3O2. The maximum Gasteiger partial charge on any atom is 0.247 e.